The molecule has 3 heteroatoms. The SMILES string of the molecule is Brc1cccnc1.CCOCC. The van der Waals surface area contributed by atoms with E-state index in [4.69, 9.17) is 4.74 Å². The minimum absolute atomic E-state index is 0.844. The number of halogens is 1. The zero-order valence-corrected chi connectivity index (χ0v) is 9.04. The van der Waals surface area contributed by atoms with Crippen molar-refractivity contribution in [3.8, 4) is 0 Å². The molecule has 0 aliphatic carbocycles. The van der Waals surface area contributed by atoms with Crippen molar-refractivity contribution in [3.63, 3.8) is 0 Å². The minimum atomic E-state index is 0.844. The maximum atomic E-state index is 4.83. The first kappa shape index (κ1) is 11.6. The third-order valence-corrected chi connectivity index (χ3v) is 1.50. The van der Waals surface area contributed by atoms with Gasteiger partial charge in [-0.25, -0.2) is 0 Å². The van der Waals surface area contributed by atoms with E-state index in [9.17, 15) is 0 Å². The van der Waals surface area contributed by atoms with Gasteiger partial charge in [0, 0.05) is 30.1 Å². The van der Waals surface area contributed by atoms with Crippen LogP contribution in [0.1, 0.15) is 13.8 Å². The quantitative estimate of drug-likeness (QED) is 0.782. The summed E-state index contributed by atoms with van der Waals surface area (Å²) >= 11 is 3.25. The molecule has 1 heterocycles. The molecule has 1 aromatic rings. The van der Waals surface area contributed by atoms with Gasteiger partial charge in [-0.15, -0.1) is 0 Å². The third-order valence-electron chi connectivity index (χ3n) is 1.03. The molecule has 0 aliphatic heterocycles. The van der Waals surface area contributed by atoms with E-state index >= 15 is 0 Å². The number of hydrogen-bond acceptors (Lipinski definition) is 2. The molecule has 0 amide bonds. The lowest BCUT2D eigenvalue weighted by Crippen LogP contribution is -1.84. The summed E-state index contributed by atoms with van der Waals surface area (Å²) in [6.07, 6.45) is 3.49. The maximum absolute atomic E-state index is 4.83. The standard InChI is InChI=1S/C5H4BrN.C4H10O/c6-5-2-1-3-7-4-5;1-3-5-4-2/h1-4H;3-4H2,1-2H3. The van der Waals surface area contributed by atoms with Crippen LogP contribution in [0.5, 0.6) is 0 Å². The Hall–Kier alpha value is -0.410. The largest absolute Gasteiger partial charge is 0.382 e. The smallest absolute Gasteiger partial charge is 0.0437 e. The van der Waals surface area contributed by atoms with Crippen LogP contribution in [0.3, 0.4) is 0 Å². The van der Waals surface area contributed by atoms with Gasteiger partial charge in [-0.1, -0.05) is 0 Å². The fourth-order valence-corrected chi connectivity index (χ4v) is 0.817. The van der Waals surface area contributed by atoms with E-state index < -0.39 is 0 Å². The van der Waals surface area contributed by atoms with E-state index in [1.165, 1.54) is 0 Å². The van der Waals surface area contributed by atoms with Crippen molar-refractivity contribution in [2.45, 2.75) is 13.8 Å². The van der Waals surface area contributed by atoms with E-state index in [0.717, 1.165) is 17.7 Å². The van der Waals surface area contributed by atoms with Crippen LogP contribution >= 0.6 is 15.9 Å². The van der Waals surface area contributed by atoms with Crippen LogP contribution in [0, 0.1) is 0 Å². The summed E-state index contributed by atoms with van der Waals surface area (Å²) in [6, 6.07) is 3.82. The fourth-order valence-electron chi connectivity index (χ4n) is 0.546. The topological polar surface area (TPSA) is 22.1 Å². The lowest BCUT2D eigenvalue weighted by atomic mass is 10.5. The molecular formula is C9H14BrNO. The summed E-state index contributed by atoms with van der Waals surface area (Å²) in [5, 5.41) is 0. The molecule has 0 saturated heterocycles. The van der Waals surface area contributed by atoms with Crippen LogP contribution in [0.15, 0.2) is 29.0 Å². The van der Waals surface area contributed by atoms with Gasteiger partial charge in [-0.2, -0.15) is 0 Å². The molecule has 1 rings (SSSR count). The first-order valence-electron chi connectivity index (χ1n) is 3.94. The molecule has 0 fully saturated rings. The van der Waals surface area contributed by atoms with Crippen LogP contribution in [0.25, 0.3) is 0 Å². The molecule has 0 aromatic carbocycles. The normalized spacial score (nSPS) is 8.58. The average Bonchev–Trinajstić information content (AvgIpc) is 2.08. The van der Waals surface area contributed by atoms with Crippen LogP contribution in [0.2, 0.25) is 0 Å². The highest BCUT2D eigenvalue weighted by molar-refractivity contribution is 9.10. The van der Waals surface area contributed by atoms with E-state index in [-0.39, 0.29) is 0 Å². The second-order valence-corrected chi connectivity index (χ2v) is 2.87. The molecule has 0 radical (unpaired) electrons. The minimum Gasteiger partial charge on any atom is -0.382 e. The van der Waals surface area contributed by atoms with Gasteiger partial charge in [-0.05, 0) is 41.9 Å². The first-order chi connectivity index (χ1) is 5.81. The summed E-state index contributed by atoms with van der Waals surface area (Å²) in [4.78, 5) is 3.84. The predicted octanol–water partition coefficient (Wildman–Crippen LogP) is 2.89. The number of pyridine rings is 1. The molecule has 0 bridgehead atoms. The Labute approximate surface area is 82.1 Å². The first-order valence-corrected chi connectivity index (χ1v) is 4.73. The zero-order chi connectivity index (χ0) is 9.23. The summed E-state index contributed by atoms with van der Waals surface area (Å²) < 4.78 is 5.86. The molecule has 12 heavy (non-hydrogen) atoms. The van der Waals surface area contributed by atoms with Crippen LogP contribution in [0.4, 0.5) is 0 Å². The van der Waals surface area contributed by atoms with Crippen LogP contribution in [-0.4, -0.2) is 18.2 Å². The summed E-state index contributed by atoms with van der Waals surface area (Å²) in [6.45, 7) is 5.67. The predicted molar refractivity (Wildman–Crippen MR) is 54.1 cm³/mol. The Morgan fingerprint density at radius 2 is 2.08 bits per heavy atom. The highest BCUT2D eigenvalue weighted by Crippen LogP contribution is 2.02. The van der Waals surface area contributed by atoms with Gasteiger partial charge in [0.1, 0.15) is 0 Å². The second-order valence-electron chi connectivity index (χ2n) is 1.95. The molecule has 0 saturated carbocycles. The van der Waals surface area contributed by atoms with Crippen molar-refractivity contribution >= 4 is 15.9 Å². The lowest BCUT2D eigenvalue weighted by Gasteiger charge is -1.86. The van der Waals surface area contributed by atoms with Crippen molar-refractivity contribution in [1.82, 2.24) is 4.98 Å². The summed E-state index contributed by atoms with van der Waals surface area (Å²) in [5.41, 5.74) is 0. The van der Waals surface area contributed by atoms with Crippen molar-refractivity contribution in [3.05, 3.63) is 29.0 Å². The van der Waals surface area contributed by atoms with E-state index in [2.05, 4.69) is 20.9 Å². The van der Waals surface area contributed by atoms with Gasteiger partial charge >= 0.3 is 0 Å². The van der Waals surface area contributed by atoms with E-state index in [0.29, 0.717) is 0 Å². The van der Waals surface area contributed by atoms with Crippen molar-refractivity contribution in [1.29, 1.82) is 0 Å². The lowest BCUT2D eigenvalue weighted by molar-refractivity contribution is 0.162. The van der Waals surface area contributed by atoms with Crippen LogP contribution in [-0.2, 0) is 4.74 Å². The Morgan fingerprint density at radius 1 is 1.42 bits per heavy atom. The highest BCUT2D eigenvalue weighted by atomic mass is 79.9. The van der Waals surface area contributed by atoms with E-state index in [1.54, 1.807) is 12.4 Å². The van der Waals surface area contributed by atoms with Gasteiger partial charge < -0.3 is 4.74 Å². The van der Waals surface area contributed by atoms with Gasteiger partial charge in [0.25, 0.3) is 0 Å². The van der Waals surface area contributed by atoms with E-state index in [1.807, 2.05) is 26.0 Å². The third kappa shape index (κ3) is 7.69. The summed E-state index contributed by atoms with van der Waals surface area (Å²) in [7, 11) is 0. The monoisotopic (exact) mass is 231 g/mol. The second kappa shape index (κ2) is 8.68. The molecule has 2 nitrogen and oxygen atoms in total. The molecule has 68 valence electrons. The number of hydrogen-bond donors (Lipinski definition) is 0. The Kier molecular flexibility index (Phi) is 8.39. The van der Waals surface area contributed by atoms with Crippen molar-refractivity contribution < 1.29 is 4.74 Å². The van der Waals surface area contributed by atoms with Gasteiger partial charge in [0.05, 0.1) is 0 Å². The number of nitrogens with zero attached hydrogens (tertiary/aromatic N) is 1. The molecular weight excluding hydrogens is 218 g/mol. The Balaban J connectivity index is 0.000000217. The molecule has 0 N–H and O–H groups in total. The molecule has 0 spiro atoms. The Bertz CT molecular complexity index is 177. The molecule has 0 aliphatic rings. The Morgan fingerprint density at radius 3 is 2.25 bits per heavy atom. The zero-order valence-electron chi connectivity index (χ0n) is 7.46. The number of ether oxygens (including phenoxy) is 1. The molecule has 0 atom stereocenters. The van der Waals surface area contributed by atoms with Crippen molar-refractivity contribution in [2.24, 2.45) is 0 Å². The van der Waals surface area contributed by atoms with Gasteiger partial charge in [-0.3, -0.25) is 4.98 Å². The highest BCUT2D eigenvalue weighted by Gasteiger charge is 1.75. The van der Waals surface area contributed by atoms with Gasteiger partial charge in [0.2, 0.25) is 0 Å². The fraction of sp³-hybridized carbons (Fsp3) is 0.444. The summed E-state index contributed by atoms with van der Waals surface area (Å²) in [5.74, 6) is 0. The molecule has 0 unspecified atom stereocenters. The average molecular weight is 232 g/mol. The van der Waals surface area contributed by atoms with Gasteiger partial charge in [0.15, 0.2) is 0 Å². The van der Waals surface area contributed by atoms with Crippen LogP contribution < -0.4 is 0 Å². The number of rotatable bonds is 2. The number of aromatic nitrogens is 1. The molecule has 1 aromatic heterocycles. The maximum Gasteiger partial charge on any atom is 0.0437 e. The van der Waals surface area contributed by atoms with Crippen molar-refractivity contribution in [2.75, 3.05) is 13.2 Å².